The number of hydrogen-bond acceptors (Lipinski definition) is 6. The van der Waals surface area contributed by atoms with Gasteiger partial charge in [0.05, 0.1) is 30.0 Å². The summed E-state index contributed by atoms with van der Waals surface area (Å²) in [4.78, 5) is 12.8. The molecule has 0 aromatic heterocycles. The first-order chi connectivity index (χ1) is 16.7. The summed E-state index contributed by atoms with van der Waals surface area (Å²) in [6.45, 7) is 3.71. The predicted molar refractivity (Wildman–Crippen MR) is 137 cm³/mol. The Morgan fingerprint density at radius 2 is 1.57 bits per heavy atom. The Labute approximate surface area is 210 Å². The summed E-state index contributed by atoms with van der Waals surface area (Å²) < 4.78 is 38.4. The van der Waals surface area contributed by atoms with Gasteiger partial charge in [0.1, 0.15) is 18.0 Å². The van der Waals surface area contributed by atoms with Crippen molar-refractivity contribution >= 4 is 38.9 Å². The number of carbonyl (C=O) groups is 1. The Kier molecular flexibility index (Phi) is 8.73. The van der Waals surface area contributed by atoms with Crippen LogP contribution in [-0.2, 0) is 14.8 Å². The lowest BCUT2D eigenvalue weighted by Crippen LogP contribution is -2.39. The van der Waals surface area contributed by atoms with Gasteiger partial charge in [-0.2, -0.15) is 5.10 Å². The monoisotopic (exact) mass is 515 g/mol. The maximum atomic E-state index is 13.4. The molecule has 184 valence electrons. The van der Waals surface area contributed by atoms with Crippen LogP contribution in [0.5, 0.6) is 11.5 Å². The van der Waals surface area contributed by atoms with E-state index in [9.17, 15) is 13.2 Å². The minimum Gasteiger partial charge on any atom is -0.497 e. The Hall–Kier alpha value is -3.56. The Balaban J connectivity index is 1.82. The number of sulfonamides is 1. The van der Waals surface area contributed by atoms with Gasteiger partial charge in [0.25, 0.3) is 15.9 Å². The summed E-state index contributed by atoms with van der Waals surface area (Å²) in [5, 5.41) is 4.57. The standard InChI is InChI=1S/C25H26ClN3O5S/c1-4-34-23-11-5-19(6-12-23)18(2)27-28-25(30)17-29(21-9-7-20(26)8-10-21)35(31,32)24-15-13-22(33-3)14-16-24/h5-16H,4,17H2,1-3H3,(H,28,30)/b27-18-. The fourth-order valence-corrected chi connectivity index (χ4v) is 4.68. The third-order valence-corrected chi connectivity index (χ3v) is 7.02. The van der Waals surface area contributed by atoms with Gasteiger partial charge >= 0.3 is 0 Å². The first-order valence-electron chi connectivity index (χ1n) is 10.7. The third kappa shape index (κ3) is 6.74. The smallest absolute Gasteiger partial charge is 0.264 e. The predicted octanol–water partition coefficient (Wildman–Crippen LogP) is 4.48. The average molecular weight is 516 g/mol. The number of benzene rings is 3. The molecule has 0 saturated heterocycles. The molecular formula is C25H26ClN3O5S. The zero-order chi connectivity index (χ0) is 25.4. The van der Waals surface area contributed by atoms with E-state index in [1.54, 1.807) is 19.1 Å². The third-order valence-electron chi connectivity index (χ3n) is 4.98. The van der Waals surface area contributed by atoms with Crippen LogP contribution < -0.4 is 19.2 Å². The van der Waals surface area contributed by atoms with Crippen molar-refractivity contribution in [2.45, 2.75) is 18.7 Å². The van der Waals surface area contributed by atoms with E-state index >= 15 is 0 Å². The van der Waals surface area contributed by atoms with Crippen molar-refractivity contribution < 1.29 is 22.7 Å². The summed E-state index contributed by atoms with van der Waals surface area (Å²) in [5.41, 5.74) is 4.06. The number of hydrazone groups is 1. The molecule has 3 aromatic carbocycles. The zero-order valence-corrected chi connectivity index (χ0v) is 21.1. The number of amides is 1. The molecule has 1 amide bonds. The van der Waals surface area contributed by atoms with Crippen molar-refractivity contribution in [1.82, 2.24) is 5.43 Å². The molecular weight excluding hydrogens is 490 g/mol. The average Bonchev–Trinajstić information content (AvgIpc) is 2.87. The van der Waals surface area contributed by atoms with E-state index in [0.29, 0.717) is 23.1 Å². The van der Waals surface area contributed by atoms with Crippen LogP contribution in [0.15, 0.2) is 82.8 Å². The SMILES string of the molecule is CCOc1ccc(/C(C)=N\NC(=O)CN(c2ccc(Cl)cc2)S(=O)(=O)c2ccc(OC)cc2)cc1. The Morgan fingerprint density at radius 1 is 0.971 bits per heavy atom. The van der Waals surface area contributed by atoms with Gasteiger partial charge in [-0.05, 0) is 92.2 Å². The molecule has 0 spiro atoms. The molecule has 0 aliphatic heterocycles. The highest BCUT2D eigenvalue weighted by atomic mass is 35.5. The molecule has 3 aromatic rings. The van der Waals surface area contributed by atoms with Crippen molar-refractivity contribution in [3.63, 3.8) is 0 Å². The lowest BCUT2D eigenvalue weighted by molar-refractivity contribution is -0.119. The van der Waals surface area contributed by atoms with E-state index in [-0.39, 0.29) is 10.6 Å². The lowest BCUT2D eigenvalue weighted by atomic mass is 10.1. The molecule has 0 radical (unpaired) electrons. The zero-order valence-electron chi connectivity index (χ0n) is 19.6. The van der Waals surface area contributed by atoms with Crippen LogP contribution in [0.25, 0.3) is 0 Å². The van der Waals surface area contributed by atoms with Crippen LogP contribution in [0.3, 0.4) is 0 Å². The van der Waals surface area contributed by atoms with Crippen LogP contribution in [-0.4, -0.2) is 40.3 Å². The number of halogens is 1. The number of ether oxygens (including phenoxy) is 2. The van der Waals surface area contributed by atoms with Crippen LogP contribution >= 0.6 is 11.6 Å². The van der Waals surface area contributed by atoms with E-state index in [1.165, 1.54) is 43.5 Å². The summed E-state index contributed by atoms with van der Waals surface area (Å²) in [6, 6.07) is 19.4. The van der Waals surface area contributed by atoms with Gasteiger partial charge in [0, 0.05) is 5.02 Å². The first kappa shape index (κ1) is 26.1. The van der Waals surface area contributed by atoms with E-state index in [2.05, 4.69) is 10.5 Å². The van der Waals surface area contributed by atoms with Crippen molar-refractivity contribution in [3.8, 4) is 11.5 Å². The molecule has 8 nitrogen and oxygen atoms in total. The highest BCUT2D eigenvalue weighted by Gasteiger charge is 2.27. The summed E-state index contributed by atoms with van der Waals surface area (Å²) >= 11 is 5.97. The molecule has 0 heterocycles. The fourth-order valence-electron chi connectivity index (χ4n) is 3.13. The van der Waals surface area contributed by atoms with Gasteiger partial charge in [0.2, 0.25) is 0 Å². The molecule has 0 saturated carbocycles. The van der Waals surface area contributed by atoms with E-state index in [0.717, 1.165) is 15.6 Å². The summed E-state index contributed by atoms with van der Waals surface area (Å²) in [7, 11) is -2.59. The number of anilines is 1. The van der Waals surface area contributed by atoms with E-state index in [4.69, 9.17) is 21.1 Å². The second-order valence-electron chi connectivity index (χ2n) is 7.35. The quantitative estimate of drug-likeness (QED) is 0.317. The van der Waals surface area contributed by atoms with Gasteiger partial charge in [-0.3, -0.25) is 9.10 Å². The highest BCUT2D eigenvalue weighted by Crippen LogP contribution is 2.26. The van der Waals surface area contributed by atoms with Gasteiger partial charge in [-0.25, -0.2) is 13.8 Å². The number of rotatable bonds is 10. The topological polar surface area (TPSA) is 97.3 Å². The number of nitrogens with zero attached hydrogens (tertiary/aromatic N) is 2. The molecule has 1 N–H and O–H groups in total. The molecule has 0 atom stereocenters. The van der Waals surface area contributed by atoms with E-state index in [1.807, 2.05) is 31.2 Å². The van der Waals surface area contributed by atoms with Crippen molar-refractivity contribution in [2.75, 3.05) is 24.6 Å². The largest absolute Gasteiger partial charge is 0.497 e. The second kappa shape index (κ2) is 11.7. The van der Waals surface area contributed by atoms with E-state index < -0.39 is 22.5 Å². The van der Waals surface area contributed by atoms with Crippen LogP contribution in [0.1, 0.15) is 19.4 Å². The second-order valence-corrected chi connectivity index (χ2v) is 9.65. The van der Waals surface area contributed by atoms with Gasteiger partial charge in [-0.1, -0.05) is 11.6 Å². The maximum Gasteiger partial charge on any atom is 0.264 e. The molecule has 0 aliphatic rings. The Morgan fingerprint density at radius 3 is 2.14 bits per heavy atom. The lowest BCUT2D eigenvalue weighted by Gasteiger charge is -2.24. The van der Waals surface area contributed by atoms with Crippen molar-refractivity contribution in [3.05, 3.63) is 83.4 Å². The van der Waals surface area contributed by atoms with Gasteiger partial charge in [0.15, 0.2) is 0 Å². The Bertz CT molecular complexity index is 1280. The molecule has 35 heavy (non-hydrogen) atoms. The van der Waals surface area contributed by atoms with Crippen LogP contribution in [0.2, 0.25) is 5.02 Å². The number of methoxy groups -OCH3 is 1. The minimum atomic E-state index is -4.08. The molecule has 10 heteroatoms. The minimum absolute atomic E-state index is 0.00937. The molecule has 3 rings (SSSR count). The molecule has 0 unspecified atom stereocenters. The number of hydrogen-bond donors (Lipinski definition) is 1. The molecule has 0 bridgehead atoms. The normalized spacial score (nSPS) is 11.6. The number of nitrogens with one attached hydrogen (secondary N) is 1. The van der Waals surface area contributed by atoms with Crippen molar-refractivity contribution in [2.24, 2.45) is 5.10 Å². The fraction of sp³-hybridized carbons (Fsp3) is 0.200. The number of carbonyl (C=O) groups excluding carboxylic acids is 1. The first-order valence-corrected chi connectivity index (χ1v) is 12.5. The maximum absolute atomic E-state index is 13.4. The van der Waals surface area contributed by atoms with Crippen LogP contribution in [0.4, 0.5) is 5.69 Å². The summed E-state index contributed by atoms with van der Waals surface area (Å²) in [6.07, 6.45) is 0. The molecule has 0 fully saturated rings. The highest BCUT2D eigenvalue weighted by molar-refractivity contribution is 7.92. The van der Waals surface area contributed by atoms with Gasteiger partial charge in [-0.15, -0.1) is 0 Å². The molecule has 0 aliphatic carbocycles. The van der Waals surface area contributed by atoms with Crippen molar-refractivity contribution in [1.29, 1.82) is 0 Å². The van der Waals surface area contributed by atoms with Gasteiger partial charge < -0.3 is 9.47 Å². The van der Waals surface area contributed by atoms with Crippen LogP contribution in [0, 0.1) is 0 Å². The summed E-state index contributed by atoms with van der Waals surface area (Å²) in [5.74, 6) is 0.636.